The molecule has 0 saturated carbocycles. The lowest BCUT2D eigenvalue weighted by Gasteiger charge is -2.26. The summed E-state index contributed by atoms with van der Waals surface area (Å²) in [6.45, 7) is 5.48. The average Bonchev–Trinajstić information content (AvgIpc) is 2.38. The zero-order chi connectivity index (χ0) is 15.5. The monoisotopic (exact) mass is 306 g/mol. The van der Waals surface area contributed by atoms with Crippen LogP contribution in [-0.2, 0) is 9.53 Å². The largest absolute Gasteiger partial charge is 0.480 e. The van der Waals surface area contributed by atoms with Gasteiger partial charge >= 0.3 is 12.0 Å². The molecular formula is C13H26N2O4S. The minimum absolute atomic E-state index is 0.312. The van der Waals surface area contributed by atoms with Gasteiger partial charge in [0.05, 0.1) is 6.61 Å². The number of urea groups is 1. The van der Waals surface area contributed by atoms with Crippen LogP contribution >= 0.6 is 11.8 Å². The van der Waals surface area contributed by atoms with Crippen molar-refractivity contribution in [2.45, 2.75) is 26.3 Å². The van der Waals surface area contributed by atoms with E-state index in [1.165, 1.54) is 0 Å². The number of ether oxygens (including phenoxy) is 1. The number of nitrogens with zero attached hydrogens (tertiary/aromatic N) is 1. The van der Waals surface area contributed by atoms with E-state index >= 15 is 0 Å². The Kier molecular flexibility index (Phi) is 10.3. The van der Waals surface area contributed by atoms with E-state index in [0.717, 1.165) is 0 Å². The van der Waals surface area contributed by atoms with Gasteiger partial charge in [-0.05, 0) is 24.3 Å². The zero-order valence-electron chi connectivity index (χ0n) is 12.7. The van der Waals surface area contributed by atoms with Crippen molar-refractivity contribution in [3.05, 3.63) is 0 Å². The van der Waals surface area contributed by atoms with Crippen molar-refractivity contribution in [2.75, 3.05) is 38.8 Å². The number of rotatable bonds is 10. The number of carbonyl (C=O) groups excluding carboxylic acids is 1. The predicted octanol–water partition coefficient (Wildman–Crippen LogP) is 1.51. The van der Waals surface area contributed by atoms with Gasteiger partial charge in [0.15, 0.2) is 0 Å². The van der Waals surface area contributed by atoms with Crippen LogP contribution in [-0.4, -0.2) is 66.9 Å². The van der Waals surface area contributed by atoms with E-state index in [1.807, 2.05) is 20.1 Å². The number of methoxy groups -OCH3 is 1. The third kappa shape index (κ3) is 8.27. The van der Waals surface area contributed by atoms with E-state index in [0.29, 0.717) is 37.8 Å². The molecule has 118 valence electrons. The molecule has 1 atom stereocenters. The number of thioether (sulfide) groups is 1. The lowest BCUT2D eigenvalue weighted by molar-refractivity contribution is -0.139. The Balaban J connectivity index is 4.55. The van der Waals surface area contributed by atoms with Gasteiger partial charge in [-0.1, -0.05) is 13.8 Å². The van der Waals surface area contributed by atoms with Gasteiger partial charge in [0, 0.05) is 20.2 Å². The smallest absolute Gasteiger partial charge is 0.326 e. The molecule has 2 amide bonds. The molecule has 0 fully saturated rings. The maximum Gasteiger partial charge on any atom is 0.326 e. The average molecular weight is 306 g/mol. The minimum Gasteiger partial charge on any atom is -0.480 e. The third-order valence-corrected chi connectivity index (χ3v) is 3.29. The molecule has 0 aromatic carbocycles. The highest BCUT2D eigenvalue weighted by Gasteiger charge is 2.23. The van der Waals surface area contributed by atoms with Crippen molar-refractivity contribution in [1.82, 2.24) is 10.2 Å². The summed E-state index contributed by atoms with van der Waals surface area (Å²) in [6.07, 6.45) is 2.33. The zero-order valence-corrected chi connectivity index (χ0v) is 13.5. The van der Waals surface area contributed by atoms with Crippen molar-refractivity contribution in [1.29, 1.82) is 0 Å². The molecule has 0 spiro atoms. The second kappa shape index (κ2) is 10.8. The molecule has 0 aliphatic heterocycles. The highest BCUT2D eigenvalue weighted by molar-refractivity contribution is 7.98. The van der Waals surface area contributed by atoms with Crippen LogP contribution in [0.5, 0.6) is 0 Å². The van der Waals surface area contributed by atoms with Crippen molar-refractivity contribution in [2.24, 2.45) is 5.92 Å². The molecule has 20 heavy (non-hydrogen) atoms. The molecule has 7 heteroatoms. The Bertz CT molecular complexity index is 300. The fraction of sp³-hybridized carbons (Fsp3) is 0.846. The maximum absolute atomic E-state index is 12.2. The number of aliphatic carboxylic acids is 1. The van der Waals surface area contributed by atoms with E-state index in [1.54, 1.807) is 23.8 Å². The fourth-order valence-corrected chi connectivity index (χ4v) is 2.12. The second-order valence-corrected chi connectivity index (χ2v) is 5.94. The molecule has 0 aliphatic carbocycles. The van der Waals surface area contributed by atoms with Crippen molar-refractivity contribution >= 4 is 23.8 Å². The van der Waals surface area contributed by atoms with Crippen LogP contribution in [0.3, 0.4) is 0 Å². The SMILES string of the molecule is COCCN(CC(C)C)C(=O)NC(CCSC)C(=O)O. The number of carboxylic acids is 1. The Morgan fingerprint density at radius 3 is 2.50 bits per heavy atom. The Labute approximate surface area is 125 Å². The van der Waals surface area contributed by atoms with Gasteiger partial charge in [-0.15, -0.1) is 0 Å². The first-order chi connectivity index (χ1) is 9.42. The standard InChI is InChI=1S/C13H26N2O4S/c1-10(2)9-15(6-7-19-3)13(18)14-11(12(16)17)5-8-20-4/h10-11H,5-9H2,1-4H3,(H,14,18)(H,16,17). The highest BCUT2D eigenvalue weighted by atomic mass is 32.2. The van der Waals surface area contributed by atoms with Gasteiger partial charge in [0.2, 0.25) is 0 Å². The number of carbonyl (C=O) groups is 2. The normalized spacial score (nSPS) is 12.2. The summed E-state index contributed by atoms with van der Waals surface area (Å²) in [5, 5.41) is 11.7. The van der Waals surface area contributed by atoms with Gasteiger partial charge in [-0.2, -0.15) is 11.8 Å². The second-order valence-electron chi connectivity index (χ2n) is 4.95. The summed E-state index contributed by atoms with van der Waals surface area (Å²) in [4.78, 5) is 24.9. The van der Waals surface area contributed by atoms with E-state index in [2.05, 4.69) is 5.32 Å². The molecule has 2 N–H and O–H groups in total. The highest BCUT2D eigenvalue weighted by Crippen LogP contribution is 2.04. The summed E-state index contributed by atoms with van der Waals surface area (Å²) in [5.74, 6) is 0.00943. The molecule has 0 heterocycles. The number of hydrogen-bond donors (Lipinski definition) is 2. The van der Waals surface area contributed by atoms with Crippen LogP contribution in [0.25, 0.3) is 0 Å². The summed E-state index contributed by atoms with van der Waals surface area (Å²) in [6, 6.07) is -1.18. The minimum atomic E-state index is -0.997. The van der Waals surface area contributed by atoms with Crippen LogP contribution in [0.2, 0.25) is 0 Å². The van der Waals surface area contributed by atoms with Crippen molar-refractivity contribution in [3.63, 3.8) is 0 Å². The van der Waals surface area contributed by atoms with Gasteiger partial charge in [0.25, 0.3) is 0 Å². The third-order valence-electron chi connectivity index (χ3n) is 2.64. The number of nitrogens with one attached hydrogen (secondary N) is 1. The molecule has 0 radical (unpaired) electrons. The lowest BCUT2D eigenvalue weighted by atomic mass is 10.2. The molecule has 0 aromatic rings. The first-order valence-electron chi connectivity index (χ1n) is 6.68. The van der Waals surface area contributed by atoms with E-state index in [9.17, 15) is 9.59 Å². The summed E-state index contributed by atoms with van der Waals surface area (Å²) >= 11 is 1.56. The lowest BCUT2D eigenvalue weighted by Crippen LogP contribution is -2.50. The van der Waals surface area contributed by atoms with E-state index < -0.39 is 12.0 Å². The predicted molar refractivity (Wildman–Crippen MR) is 81.2 cm³/mol. The molecule has 0 bridgehead atoms. The number of hydrogen-bond acceptors (Lipinski definition) is 4. The molecule has 1 unspecified atom stereocenters. The molecular weight excluding hydrogens is 280 g/mol. The quantitative estimate of drug-likeness (QED) is 0.639. The van der Waals surface area contributed by atoms with E-state index in [4.69, 9.17) is 9.84 Å². The first-order valence-corrected chi connectivity index (χ1v) is 8.07. The van der Waals surface area contributed by atoms with Gasteiger partial charge in [0.1, 0.15) is 6.04 Å². The van der Waals surface area contributed by atoms with Gasteiger partial charge in [-0.3, -0.25) is 0 Å². The first kappa shape index (κ1) is 19.1. The summed E-state index contributed by atoms with van der Waals surface area (Å²) in [7, 11) is 1.57. The number of carboxylic acid groups (broad SMARTS) is 1. The molecule has 0 saturated heterocycles. The van der Waals surface area contributed by atoms with Crippen molar-refractivity contribution in [3.8, 4) is 0 Å². The molecule has 0 rings (SSSR count). The van der Waals surface area contributed by atoms with Crippen LogP contribution in [0, 0.1) is 5.92 Å². The Hall–Kier alpha value is -0.950. The van der Waals surface area contributed by atoms with Crippen LogP contribution in [0.1, 0.15) is 20.3 Å². The van der Waals surface area contributed by atoms with Gasteiger partial charge < -0.3 is 20.1 Å². The molecule has 6 nitrogen and oxygen atoms in total. The summed E-state index contributed by atoms with van der Waals surface area (Å²) < 4.78 is 4.98. The topological polar surface area (TPSA) is 78.9 Å². The maximum atomic E-state index is 12.2. The van der Waals surface area contributed by atoms with Crippen LogP contribution < -0.4 is 5.32 Å². The fourth-order valence-electron chi connectivity index (χ4n) is 1.65. The molecule has 0 aromatic heterocycles. The van der Waals surface area contributed by atoms with Gasteiger partial charge in [-0.25, -0.2) is 9.59 Å². The number of amides is 2. The Morgan fingerprint density at radius 1 is 1.40 bits per heavy atom. The Morgan fingerprint density at radius 2 is 2.05 bits per heavy atom. The summed E-state index contributed by atoms with van der Waals surface area (Å²) in [5.41, 5.74) is 0. The van der Waals surface area contributed by atoms with E-state index in [-0.39, 0.29) is 6.03 Å². The molecule has 0 aliphatic rings. The van der Waals surface area contributed by atoms with Crippen LogP contribution in [0.4, 0.5) is 4.79 Å². The van der Waals surface area contributed by atoms with Crippen molar-refractivity contribution < 1.29 is 19.4 Å². The van der Waals surface area contributed by atoms with Crippen LogP contribution in [0.15, 0.2) is 0 Å².